The van der Waals surface area contributed by atoms with Crippen molar-refractivity contribution in [1.82, 2.24) is 10.0 Å². The number of hydroxylamine groups is 1. The van der Waals surface area contributed by atoms with E-state index < -0.39 is 18.5 Å². The number of methoxy groups -OCH3 is 1. The molecular formula is C21H19ClN2O6. The number of ether oxygens (including phenoxy) is 2. The van der Waals surface area contributed by atoms with Crippen LogP contribution < -0.4 is 10.2 Å². The molecule has 156 valence electrons. The number of esters is 1. The van der Waals surface area contributed by atoms with Crippen molar-refractivity contribution in [3.63, 3.8) is 0 Å². The van der Waals surface area contributed by atoms with Crippen LogP contribution in [0.2, 0.25) is 5.02 Å². The lowest BCUT2D eigenvalue weighted by atomic mass is 10.1. The van der Waals surface area contributed by atoms with E-state index in [9.17, 15) is 14.4 Å². The SMILES string of the molecule is COc1ccc2c(c1)c(CC(=O)OCC(=O)NO)c(C)n2C(=O)c1ccc(Cl)cc1. The molecule has 30 heavy (non-hydrogen) atoms. The highest BCUT2D eigenvalue weighted by Crippen LogP contribution is 2.31. The molecule has 0 saturated heterocycles. The van der Waals surface area contributed by atoms with Gasteiger partial charge in [-0.3, -0.25) is 24.2 Å². The summed E-state index contributed by atoms with van der Waals surface area (Å²) in [6, 6.07) is 11.7. The van der Waals surface area contributed by atoms with Crippen LogP contribution in [0, 0.1) is 6.92 Å². The zero-order chi connectivity index (χ0) is 21.8. The van der Waals surface area contributed by atoms with Crippen LogP contribution in [0.4, 0.5) is 0 Å². The van der Waals surface area contributed by atoms with E-state index in [1.54, 1.807) is 49.4 Å². The minimum atomic E-state index is -0.845. The summed E-state index contributed by atoms with van der Waals surface area (Å²) < 4.78 is 11.7. The number of fused-ring (bicyclic) bond motifs is 1. The quantitative estimate of drug-likeness (QED) is 0.354. The Kier molecular flexibility index (Phi) is 6.39. The van der Waals surface area contributed by atoms with Gasteiger partial charge in [0.2, 0.25) is 0 Å². The molecule has 1 amide bonds. The fourth-order valence-corrected chi connectivity index (χ4v) is 3.30. The zero-order valence-corrected chi connectivity index (χ0v) is 17.0. The van der Waals surface area contributed by atoms with Crippen LogP contribution in [0.5, 0.6) is 5.75 Å². The molecule has 0 bridgehead atoms. The first-order chi connectivity index (χ1) is 14.3. The topological polar surface area (TPSA) is 107 Å². The summed E-state index contributed by atoms with van der Waals surface area (Å²) in [5.41, 5.74) is 3.55. The first-order valence-electron chi connectivity index (χ1n) is 8.92. The summed E-state index contributed by atoms with van der Waals surface area (Å²) in [7, 11) is 1.52. The second-order valence-corrected chi connectivity index (χ2v) is 6.90. The van der Waals surface area contributed by atoms with E-state index in [0.29, 0.717) is 38.5 Å². The van der Waals surface area contributed by atoms with Crippen molar-refractivity contribution in [2.45, 2.75) is 13.3 Å². The molecule has 0 radical (unpaired) electrons. The van der Waals surface area contributed by atoms with Gasteiger partial charge in [0, 0.05) is 21.7 Å². The van der Waals surface area contributed by atoms with Gasteiger partial charge in [-0.2, -0.15) is 0 Å². The molecule has 9 heteroatoms. The molecule has 3 rings (SSSR count). The summed E-state index contributed by atoms with van der Waals surface area (Å²) in [6.07, 6.45) is -0.172. The van der Waals surface area contributed by atoms with Crippen LogP contribution in [0.25, 0.3) is 10.9 Å². The van der Waals surface area contributed by atoms with E-state index in [1.165, 1.54) is 17.2 Å². The molecule has 0 unspecified atom stereocenters. The van der Waals surface area contributed by atoms with Crippen molar-refractivity contribution in [3.05, 3.63) is 64.3 Å². The molecular weight excluding hydrogens is 412 g/mol. The van der Waals surface area contributed by atoms with Gasteiger partial charge in [-0.25, -0.2) is 5.48 Å². The second-order valence-electron chi connectivity index (χ2n) is 6.47. The molecule has 0 atom stereocenters. The van der Waals surface area contributed by atoms with Crippen molar-refractivity contribution in [3.8, 4) is 5.75 Å². The Morgan fingerprint density at radius 3 is 2.47 bits per heavy atom. The summed E-state index contributed by atoms with van der Waals surface area (Å²) in [5, 5.41) is 9.68. The average molecular weight is 431 g/mol. The first-order valence-corrected chi connectivity index (χ1v) is 9.30. The van der Waals surface area contributed by atoms with E-state index >= 15 is 0 Å². The maximum atomic E-state index is 13.2. The molecule has 0 aliphatic rings. The molecule has 2 N–H and O–H groups in total. The number of carbonyl (C=O) groups excluding carboxylic acids is 3. The molecule has 3 aromatic rings. The third-order valence-electron chi connectivity index (χ3n) is 4.65. The number of rotatable bonds is 6. The summed E-state index contributed by atoms with van der Waals surface area (Å²) >= 11 is 5.92. The fraction of sp³-hybridized carbons (Fsp3) is 0.190. The monoisotopic (exact) mass is 430 g/mol. The Morgan fingerprint density at radius 1 is 1.13 bits per heavy atom. The number of hydrogen-bond acceptors (Lipinski definition) is 6. The normalized spacial score (nSPS) is 10.7. The van der Waals surface area contributed by atoms with Crippen molar-refractivity contribution in [2.75, 3.05) is 13.7 Å². The zero-order valence-electron chi connectivity index (χ0n) is 16.3. The predicted molar refractivity (Wildman–Crippen MR) is 109 cm³/mol. The van der Waals surface area contributed by atoms with Gasteiger partial charge >= 0.3 is 5.97 Å². The maximum Gasteiger partial charge on any atom is 0.310 e. The van der Waals surface area contributed by atoms with Gasteiger partial charge in [0.1, 0.15) is 5.75 Å². The van der Waals surface area contributed by atoms with Crippen molar-refractivity contribution in [1.29, 1.82) is 0 Å². The number of nitrogens with zero attached hydrogens (tertiary/aromatic N) is 1. The third-order valence-corrected chi connectivity index (χ3v) is 4.90. The van der Waals surface area contributed by atoms with Gasteiger partial charge in [-0.05, 0) is 55.0 Å². The number of carbonyl (C=O) groups is 3. The van der Waals surface area contributed by atoms with Crippen molar-refractivity contribution < 1.29 is 29.1 Å². The minimum absolute atomic E-state index is 0.172. The first kappa shape index (κ1) is 21.4. The van der Waals surface area contributed by atoms with Crippen LogP contribution in [0.1, 0.15) is 21.6 Å². The van der Waals surface area contributed by atoms with Gasteiger partial charge in [0.15, 0.2) is 6.61 Å². The van der Waals surface area contributed by atoms with E-state index in [2.05, 4.69) is 0 Å². The van der Waals surface area contributed by atoms with Crippen LogP contribution in [0.3, 0.4) is 0 Å². The molecule has 0 aliphatic carbocycles. The highest BCUT2D eigenvalue weighted by atomic mass is 35.5. The molecule has 0 saturated carbocycles. The van der Waals surface area contributed by atoms with Gasteiger partial charge in [-0.15, -0.1) is 0 Å². The van der Waals surface area contributed by atoms with Crippen LogP contribution in [0.15, 0.2) is 42.5 Å². The lowest BCUT2D eigenvalue weighted by molar-refractivity contribution is -0.150. The van der Waals surface area contributed by atoms with Crippen molar-refractivity contribution in [2.24, 2.45) is 0 Å². The van der Waals surface area contributed by atoms with Gasteiger partial charge < -0.3 is 9.47 Å². The van der Waals surface area contributed by atoms with Gasteiger partial charge in [0.05, 0.1) is 19.0 Å². The molecule has 0 aliphatic heterocycles. The van der Waals surface area contributed by atoms with E-state index in [4.69, 9.17) is 26.3 Å². The fourth-order valence-electron chi connectivity index (χ4n) is 3.17. The summed E-state index contributed by atoms with van der Waals surface area (Å²) in [6.45, 7) is 1.11. The predicted octanol–water partition coefficient (Wildman–Crippen LogP) is 2.89. The summed E-state index contributed by atoms with van der Waals surface area (Å²) in [5.74, 6) is -1.24. The molecule has 2 aromatic carbocycles. The molecule has 8 nitrogen and oxygen atoms in total. The number of nitrogens with one attached hydrogen (secondary N) is 1. The third kappa shape index (κ3) is 4.29. The van der Waals surface area contributed by atoms with Crippen LogP contribution in [-0.4, -0.2) is 41.3 Å². The van der Waals surface area contributed by atoms with Gasteiger partial charge in [-0.1, -0.05) is 11.6 Å². The maximum absolute atomic E-state index is 13.2. The van der Waals surface area contributed by atoms with Crippen LogP contribution >= 0.6 is 11.6 Å². The lowest BCUT2D eigenvalue weighted by Gasteiger charge is -2.08. The summed E-state index contributed by atoms with van der Waals surface area (Å²) in [4.78, 5) is 36.5. The molecule has 0 spiro atoms. The largest absolute Gasteiger partial charge is 0.497 e. The van der Waals surface area contributed by atoms with E-state index in [-0.39, 0.29) is 12.3 Å². The Hall–Kier alpha value is -3.36. The van der Waals surface area contributed by atoms with E-state index in [0.717, 1.165) is 0 Å². The van der Waals surface area contributed by atoms with E-state index in [1.807, 2.05) is 0 Å². The molecule has 0 fully saturated rings. The minimum Gasteiger partial charge on any atom is -0.497 e. The Morgan fingerprint density at radius 2 is 1.83 bits per heavy atom. The van der Waals surface area contributed by atoms with Crippen molar-refractivity contribution >= 4 is 40.3 Å². The Balaban J connectivity index is 2.05. The standard InChI is InChI=1S/C21H19ClN2O6/c1-12-16(10-20(26)30-11-19(25)23-28)17-9-15(29-2)7-8-18(17)24(12)21(27)13-3-5-14(22)6-4-13/h3-9,28H,10-11H2,1-2H3,(H,23,25). The number of amides is 1. The smallest absolute Gasteiger partial charge is 0.310 e. The Labute approximate surface area is 176 Å². The highest BCUT2D eigenvalue weighted by Gasteiger charge is 2.22. The van der Waals surface area contributed by atoms with Gasteiger partial charge in [0.25, 0.3) is 11.8 Å². The molecule has 1 aromatic heterocycles. The second kappa shape index (κ2) is 8.98. The number of benzene rings is 2. The number of halogens is 1. The number of hydrogen-bond donors (Lipinski definition) is 2. The average Bonchev–Trinajstić information content (AvgIpc) is 3.02. The lowest BCUT2D eigenvalue weighted by Crippen LogP contribution is -2.26. The number of aromatic nitrogens is 1. The van der Waals surface area contributed by atoms with Crippen LogP contribution in [-0.2, 0) is 20.7 Å². The molecule has 1 heterocycles. The Bertz CT molecular complexity index is 1120. The highest BCUT2D eigenvalue weighted by molar-refractivity contribution is 6.30.